The van der Waals surface area contributed by atoms with E-state index in [0.29, 0.717) is 11.4 Å². The van der Waals surface area contributed by atoms with Crippen molar-refractivity contribution in [2.75, 3.05) is 10.6 Å². The molecule has 0 spiro atoms. The zero-order valence-electron chi connectivity index (χ0n) is 27.3. The van der Waals surface area contributed by atoms with Crippen LogP contribution in [0.25, 0.3) is 0 Å². The van der Waals surface area contributed by atoms with E-state index in [1.165, 1.54) is 0 Å². The molecule has 4 aromatic carbocycles. The number of rotatable bonds is 10. The van der Waals surface area contributed by atoms with Gasteiger partial charge in [-0.3, -0.25) is 29.8 Å². The predicted octanol–water partition coefficient (Wildman–Crippen LogP) is 0.967. The Balaban J connectivity index is 0.000000501. The summed E-state index contributed by atoms with van der Waals surface area (Å²) in [5.74, 6) is -4.35. The average molecular weight is 763 g/mol. The van der Waals surface area contributed by atoms with Gasteiger partial charge in [0.1, 0.15) is 11.4 Å². The third-order valence-electron chi connectivity index (χ3n) is 5.98. The number of amides is 2. The number of allylic oxidation sites excluding steroid dienone is 2. The summed E-state index contributed by atoms with van der Waals surface area (Å²) in [4.78, 5) is 44.0. The SMILES string of the molecule is C/C([O-])=C(\N=Nc1ccc([N+](=O)[O-])cc1[O-])C(=O)Nc1ccccc1.C/C([O-])=C(\N=Nc1ccc([N+](=O)[O-])cc1[O-])C(=O)Nc1ccccc1.[Co+3].[Na+]. The largest absolute Gasteiger partial charge is 3.00 e. The van der Waals surface area contributed by atoms with Crippen molar-refractivity contribution in [3.8, 4) is 11.5 Å². The first-order valence-corrected chi connectivity index (χ1v) is 14.0. The Morgan fingerprint density at radius 3 is 1.19 bits per heavy atom. The maximum atomic E-state index is 12.1. The zero-order chi connectivity index (χ0) is 36.8. The second-order valence-electron chi connectivity index (χ2n) is 9.67. The summed E-state index contributed by atoms with van der Waals surface area (Å²) in [5, 5.41) is 87.0. The molecule has 262 valence electrons. The molecule has 0 radical (unpaired) electrons. The van der Waals surface area contributed by atoms with E-state index in [1.54, 1.807) is 60.7 Å². The van der Waals surface area contributed by atoms with Gasteiger partial charge in [-0.1, -0.05) is 61.7 Å². The minimum absolute atomic E-state index is 0. The summed E-state index contributed by atoms with van der Waals surface area (Å²) >= 11 is 0. The maximum Gasteiger partial charge on any atom is 3.00 e. The fourth-order valence-corrected chi connectivity index (χ4v) is 3.58. The first-order valence-electron chi connectivity index (χ1n) is 14.0. The molecule has 0 atom stereocenters. The van der Waals surface area contributed by atoms with Crippen LogP contribution in [0, 0.1) is 20.2 Å². The van der Waals surface area contributed by atoms with Crippen molar-refractivity contribution in [2.24, 2.45) is 20.5 Å². The Hall–Kier alpha value is -5.99. The van der Waals surface area contributed by atoms with Crippen molar-refractivity contribution in [3.63, 3.8) is 0 Å². The predicted molar refractivity (Wildman–Crippen MR) is 170 cm³/mol. The number of nitrogens with one attached hydrogen (secondary N) is 2. The van der Waals surface area contributed by atoms with Gasteiger partial charge < -0.3 is 31.1 Å². The Bertz CT molecular complexity index is 1880. The molecule has 20 heteroatoms. The van der Waals surface area contributed by atoms with Crippen LogP contribution in [0.1, 0.15) is 13.8 Å². The van der Waals surface area contributed by atoms with E-state index >= 15 is 0 Å². The maximum absolute atomic E-state index is 12.1. The molecule has 52 heavy (non-hydrogen) atoms. The fourth-order valence-electron chi connectivity index (χ4n) is 3.58. The summed E-state index contributed by atoms with van der Waals surface area (Å²) in [5.41, 5.74) is -1.30. The molecule has 4 aromatic rings. The average Bonchev–Trinajstić information content (AvgIpc) is 3.07. The summed E-state index contributed by atoms with van der Waals surface area (Å²) in [6.07, 6.45) is 0. The molecule has 0 fully saturated rings. The number of hydrogen-bond acceptors (Lipinski definition) is 14. The number of carbonyl (C=O) groups is 2. The van der Waals surface area contributed by atoms with Crippen LogP contribution in [0.2, 0.25) is 0 Å². The molecule has 0 aliphatic rings. The van der Waals surface area contributed by atoms with E-state index < -0.39 is 56.1 Å². The van der Waals surface area contributed by atoms with Crippen molar-refractivity contribution < 1.29 is 86.2 Å². The van der Waals surface area contributed by atoms with Crippen molar-refractivity contribution in [1.82, 2.24) is 0 Å². The Morgan fingerprint density at radius 2 is 0.923 bits per heavy atom. The van der Waals surface area contributed by atoms with Gasteiger partial charge in [0.05, 0.1) is 21.2 Å². The Kier molecular flexibility index (Phi) is 18.0. The molecule has 0 saturated carbocycles. The molecule has 0 saturated heterocycles. The minimum atomic E-state index is -0.781. The number of hydrogen-bond donors (Lipinski definition) is 2. The van der Waals surface area contributed by atoms with Crippen LogP contribution in [-0.4, -0.2) is 21.7 Å². The molecule has 4 rings (SSSR count). The third-order valence-corrected chi connectivity index (χ3v) is 5.98. The van der Waals surface area contributed by atoms with Gasteiger partial charge >= 0.3 is 46.3 Å². The number of carbonyl (C=O) groups excluding carboxylic acids is 2. The van der Waals surface area contributed by atoms with Gasteiger partial charge in [-0.05, 0) is 36.4 Å². The first-order chi connectivity index (χ1) is 23.8. The fraction of sp³-hybridized carbons (Fsp3) is 0.0625. The van der Waals surface area contributed by atoms with Crippen LogP contribution in [0.5, 0.6) is 11.5 Å². The molecule has 0 aliphatic heterocycles. The number of nitro benzene ring substituents is 2. The molecule has 2 N–H and O–H groups in total. The van der Waals surface area contributed by atoms with Gasteiger partial charge in [0.15, 0.2) is 0 Å². The number of azo groups is 2. The van der Waals surface area contributed by atoms with Gasteiger partial charge in [0.2, 0.25) is 0 Å². The summed E-state index contributed by atoms with van der Waals surface area (Å²) < 4.78 is 0. The van der Waals surface area contributed by atoms with Crippen LogP contribution in [-0.2, 0) is 26.4 Å². The van der Waals surface area contributed by atoms with E-state index in [-0.39, 0.29) is 69.1 Å². The molecule has 0 aromatic heterocycles. The number of anilines is 2. The molecular formula is C32H24CoN8NaO10. The van der Waals surface area contributed by atoms with E-state index in [9.17, 15) is 50.2 Å². The number of benzene rings is 4. The van der Waals surface area contributed by atoms with E-state index in [1.807, 2.05) is 0 Å². The first kappa shape index (κ1) is 44.0. The topological polar surface area (TPSA) is 286 Å². The second-order valence-corrected chi connectivity index (χ2v) is 9.67. The van der Waals surface area contributed by atoms with Crippen LogP contribution >= 0.6 is 0 Å². The number of nitro groups is 2. The summed E-state index contributed by atoms with van der Waals surface area (Å²) in [7, 11) is 0. The minimum Gasteiger partial charge on any atom is -0.874 e. The summed E-state index contributed by atoms with van der Waals surface area (Å²) in [6, 6.07) is 22.7. The van der Waals surface area contributed by atoms with Crippen LogP contribution < -0.4 is 60.6 Å². The van der Waals surface area contributed by atoms with Crippen LogP contribution in [0.3, 0.4) is 0 Å². The normalized spacial score (nSPS) is 11.4. The van der Waals surface area contributed by atoms with Crippen LogP contribution in [0.15, 0.2) is 140 Å². The number of nitrogens with zero attached hydrogens (tertiary/aromatic N) is 6. The van der Waals surface area contributed by atoms with Crippen molar-refractivity contribution in [3.05, 3.63) is 140 Å². The molecule has 0 heterocycles. The quantitative estimate of drug-likeness (QED) is 0.0576. The van der Waals surface area contributed by atoms with Crippen molar-refractivity contribution >= 4 is 45.9 Å². The molecule has 0 bridgehead atoms. The van der Waals surface area contributed by atoms with E-state index in [4.69, 9.17) is 0 Å². The molecule has 0 aliphatic carbocycles. The number of para-hydroxylation sites is 2. The van der Waals surface area contributed by atoms with E-state index in [2.05, 4.69) is 31.1 Å². The monoisotopic (exact) mass is 762 g/mol. The molecule has 18 nitrogen and oxygen atoms in total. The molecule has 2 amide bonds. The second kappa shape index (κ2) is 21.3. The molecular weight excluding hydrogens is 738 g/mol. The Morgan fingerprint density at radius 1 is 0.596 bits per heavy atom. The smallest absolute Gasteiger partial charge is 0.874 e. The third kappa shape index (κ3) is 13.4. The van der Waals surface area contributed by atoms with Crippen molar-refractivity contribution in [1.29, 1.82) is 0 Å². The van der Waals surface area contributed by atoms with Gasteiger partial charge in [-0.15, -0.1) is 21.7 Å². The standard InChI is InChI=1S/2C16H14N4O5.Co.Na/c2*1-10(21)15(16(23)17-11-5-3-2-4-6-11)19-18-13-8-7-12(20(24)25)9-14(13)22;;/h2*2-9,21-22H,1H3,(H,17,23);;/q;;+3;+1/p-4/b2*15-10+,19-18?;;. The Labute approximate surface area is 327 Å². The number of non-ortho nitro benzene ring substituents is 2. The van der Waals surface area contributed by atoms with Gasteiger partial charge in [0.25, 0.3) is 23.2 Å². The molecule has 0 unspecified atom stereocenters. The summed E-state index contributed by atoms with van der Waals surface area (Å²) in [6.45, 7) is 2.26. The van der Waals surface area contributed by atoms with Gasteiger partial charge in [0, 0.05) is 35.6 Å². The van der Waals surface area contributed by atoms with Crippen molar-refractivity contribution in [2.45, 2.75) is 13.8 Å². The van der Waals surface area contributed by atoms with Gasteiger partial charge in [-0.25, -0.2) is 0 Å². The van der Waals surface area contributed by atoms with Gasteiger partial charge in [-0.2, -0.15) is 10.2 Å². The zero-order valence-corrected chi connectivity index (χ0v) is 30.4. The van der Waals surface area contributed by atoms with E-state index in [0.717, 1.165) is 50.2 Å². The van der Waals surface area contributed by atoms with Crippen LogP contribution in [0.4, 0.5) is 34.1 Å².